The molecular weight excluding hydrogens is 232 g/mol. The summed E-state index contributed by atoms with van der Waals surface area (Å²) in [5, 5.41) is 5.43. The van der Waals surface area contributed by atoms with Crippen LogP contribution in [0.15, 0.2) is 11.4 Å². The molecule has 5 heteroatoms. The molecule has 0 saturated carbocycles. The lowest BCUT2D eigenvalue weighted by atomic mass is 10.2. The van der Waals surface area contributed by atoms with Crippen LogP contribution in [0.25, 0.3) is 0 Å². The lowest BCUT2D eigenvalue weighted by molar-refractivity contribution is -0.121. The Balaban J connectivity index is 2.28. The first-order chi connectivity index (χ1) is 7.11. The molecule has 3 N–H and O–H groups in total. The number of nitrogens with one attached hydrogen (secondary N) is 1. The average Bonchev–Trinajstić information content (AvgIpc) is 2.61. The molecule has 0 aliphatic carbocycles. The van der Waals surface area contributed by atoms with Crippen LogP contribution in [0.5, 0.6) is 0 Å². The van der Waals surface area contributed by atoms with Gasteiger partial charge < -0.3 is 11.1 Å². The smallest absolute Gasteiger partial charge is 0.220 e. The number of carbonyl (C=O) groups is 1. The lowest BCUT2D eigenvalue weighted by Gasteiger charge is -2.10. The zero-order valence-corrected chi connectivity index (χ0v) is 10.2. The maximum atomic E-state index is 11.4. The van der Waals surface area contributed by atoms with Crippen molar-refractivity contribution < 1.29 is 4.79 Å². The largest absolute Gasteiger partial charge is 0.352 e. The third kappa shape index (κ3) is 4.64. The molecule has 3 nitrogen and oxygen atoms in total. The molecule has 0 aliphatic rings. The van der Waals surface area contributed by atoms with Crippen molar-refractivity contribution in [3.8, 4) is 0 Å². The quantitative estimate of drug-likeness (QED) is 0.833. The highest BCUT2D eigenvalue weighted by Crippen LogP contribution is 2.20. The van der Waals surface area contributed by atoms with Crippen LogP contribution in [0.1, 0.15) is 18.2 Å². The van der Waals surface area contributed by atoms with E-state index in [-0.39, 0.29) is 11.9 Å². The van der Waals surface area contributed by atoms with Crippen molar-refractivity contribution in [3.63, 3.8) is 0 Å². The topological polar surface area (TPSA) is 55.1 Å². The second-order valence-corrected chi connectivity index (χ2v) is 4.87. The highest BCUT2D eigenvalue weighted by atomic mass is 35.5. The Morgan fingerprint density at radius 2 is 2.47 bits per heavy atom. The van der Waals surface area contributed by atoms with Gasteiger partial charge in [-0.25, -0.2) is 0 Å². The highest BCUT2D eigenvalue weighted by Gasteiger charge is 2.06. The summed E-state index contributed by atoms with van der Waals surface area (Å²) in [7, 11) is 0. The van der Waals surface area contributed by atoms with E-state index in [4.69, 9.17) is 17.3 Å². The predicted octanol–water partition coefficient (Wildman–Crippen LogP) is 1.80. The first-order valence-corrected chi connectivity index (χ1v) is 6.10. The SMILES string of the molecule is C[C@@H](CN)NC(=O)CCc1cc(Cl)cs1. The first kappa shape index (κ1) is 12.5. The number of nitrogens with two attached hydrogens (primary N) is 1. The van der Waals surface area contributed by atoms with Crippen molar-refractivity contribution in [2.24, 2.45) is 5.73 Å². The molecule has 15 heavy (non-hydrogen) atoms. The molecule has 0 fully saturated rings. The van der Waals surface area contributed by atoms with Crippen molar-refractivity contribution >= 4 is 28.8 Å². The molecule has 0 spiro atoms. The van der Waals surface area contributed by atoms with E-state index < -0.39 is 0 Å². The van der Waals surface area contributed by atoms with Crippen molar-refractivity contribution in [1.82, 2.24) is 5.32 Å². The van der Waals surface area contributed by atoms with Crippen molar-refractivity contribution in [2.45, 2.75) is 25.8 Å². The van der Waals surface area contributed by atoms with Crippen LogP contribution in [0, 0.1) is 0 Å². The van der Waals surface area contributed by atoms with Crippen LogP contribution in [-0.4, -0.2) is 18.5 Å². The third-order valence-corrected chi connectivity index (χ3v) is 3.33. The van der Waals surface area contributed by atoms with Crippen molar-refractivity contribution in [2.75, 3.05) is 6.54 Å². The monoisotopic (exact) mass is 246 g/mol. The minimum atomic E-state index is 0.0393. The summed E-state index contributed by atoms with van der Waals surface area (Å²) in [5.74, 6) is 0.0393. The molecule has 1 aromatic rings. The Labute approximate surface area is 98.6 Å². The maximum absolute atomic E-state index is 11.4. The Bertz CT molecular complexity index is 327. The van der Waals surface area contributed by atoms with E-state index in [1.54, 1.807) is 11.3 Å². The molecular formula is C10H15ClN2OS. The minimum Gasteiger partial charge on any atom is -0.352 e. The highest BCUT2D eigenvalue weighted by molar-refractivity contribution is 7.10. The number of hydrogen-bond donors (Lipinski definition) is 2. The molecule has 1 amide bonds. The molecule has 0 unspecified atom stereocenters. The fourth-order valence-corrected chi connectivity index (χ4v) is 2.20. The summed E-state index contributed by atoms with van der Waals surface area (Å²) in [6, 6.07) is 1.94. The second-order valence-electron chi connectivity index (χ2n) is 3.44. The fraction of sp³-hybridized carbons (Fsp3) is 0.500. The van der Waals surface area contributed by atoms with Gasteiger partial charge in [-0.3, -0.25) is 4.79 Å². The summed E-state index contributed by atoms with van der Waals surface area (Å²) < 4.78 is 0. The van der Waals surface area contributed by atoms with Crippen LogP contribution >= 0.6 is 22.9 Å². The van der Waals surface area contributed by atoms with E-state index in [9.17, 15) is 4.79 Å². The molecule has 0 aliphatic heterocycles. The van der Waals surface area contributed by atoms with Gasteiger partial charge in [0.05, 0.1) is 5.02 Å². The molecule has 1 aromatic heterocycles. The van der Waals surface area contributed by atoms with Crippen LogP contribution < -0.4 is 11.1 Å². The minimum absolute atomic E-state index is 0.0393. The van der Waals surface area contributed by atoms with E-state index >= 15 is 0 Å². The van der Waals surface area contributed by atoms with Crippen LogP contribution in [0.4, 0.5) is 0 Å². The van der Waals surface area contributed by atoms with E-state index in [1.807, 2.05) is 18.4 Å². The predicted molar refractivity (Wildman–Crippen MR) is 64.3 cm³/mol. The summed E-state index contributed by atoms with van der Waals surface area (Å²) in [6.07, 6.45) is 1.22. The Kier molecular flexibility index (Phi) is 5.08. The van der Waals surface area contributed by atoms with Crippen LogP contribution in [0.2, 0.25) is 5.02 Å². The molecule has 0 saturated heterocycles. The molecule has 0 aromatic carbocycles. The standard InChI is InChI=1S/C10H15ClN2OS/c1-7(5-12)13-10(14)3-2-9-4-8(11)6-15-9/h4,6-7H,2-3,5,12H2,1H3,(H,13,14)/t7-/m0/s1. The molecule has 0 radical (unpaired) electrons. The van der Waals surface area contributed by atoms with E-state index in [1.165, 1.54) is 0 Å². The third-order valence-electron chi connectivity index (χ3n) is 1.98. The first-order valence-electron chi connectivity index (χ1n) is 4.84. The number of hydrogen-bond acceptors (Lipinski definition) is 3. The number of rotatable bonds is 5. The fourth-order valence-electron chi connectivity index (χ4n) is 1.13. The summed E-state index contributed by atoms with van der Waals surface area (Å²) >= 11 is 7.36. The number of thiophene rings is 1. The normalized spacial score (nSPS) is 12.5. The van der Waals surface area contributed by atoms with Gasteiger partial charge in [0.25, 0.3) is 0 Å². The van der Waals surface area contributed by atoms with E-state index in [2.05, 4.69) is 5.32 Å². The number of carbonyl (C=O) groups excluding carboxylic acids is 1. The Morgan fingerprint density at radius 3 is 3.00 bits per heavy atom. The zero-order valence-electron chi connectivity index (χ0n) is 8.63. The van der Waals surface area contributed by atoms with Gasteiger partial charge in [-0.1, -0.05) is 11.6 Å². The van der Waals surface area contributed by atoms with Gasteiger partial charge in [0.15, 0.2) is 0 Å². The van der Waals surface area contributed by atoms with Gasteiger partial charge in [-0.05, 0) is 19.4 Å². The molecule has 1 atom stereocenters. The number of halogens is 1. The molecule has 1 heterocycles. The van der Waals surface area contributed by atoms with Crippen LogP contribution in [-0.2, 0) is 11.2 Å². The Hall–Kier alpha value is -0.580. The van der Waals surface area contributed by atoms with Crippen molar-refractivity contribution in [3.05, 3.63) is 21.3 Å². The van der Waals surface area contributed by atoms with Gasteiger partial charge in [0.1, 0.15) is 0 Å². The average molecular weight is 247 g/mol. The maximum Gasteiger partial charge on any atom is 0.220 e. The Morgan fingerprint density at radius 1 is 1.73 bits per heavy atom. The van der Waals surface area contributed by atoms with E-state index in [0.29, 0.717) is 13.0 Å². The van der Waals surface area contributed by atoms with Crippen molar-refractivity contribution in [1.29, 1.82) is 0 Å². The summed E-state index contributed by atoms with van der Waals surface area (Å²) in [5.41, 5.74) is 5.40. The van der Waals surface area contributed by atoms with Gasteiger partial charge >= 0.3 is 0 Å². The van der Waals surface area contributed by atoms with Gasteiger partial charge in [0, 0.05) is 29.3 Å². The van der Waals surface area contributed by atoms with Gasteiger partial charge in [-0.2, -0.15) is 0 Å². The lowest BCUT2D eigenvalue weighted by Crippen LogP contribution is -2.37. The summed E-state index contributed by atoms with van der Waals surface area (Å²) in [6.45, 7) is 2.36. The second kappa shape index (κ2) is 6.10. The summed E-state index contributed by atoms with van der Waals surface area (Å²) in [4.78, 5) is 12.5. The zero-order chi connectivity index (χ0) is 11.3. The van der Waals surface area contributed by atoms with Crippen LogP contribution in [0.3, 0.4) is 0 Å². The number of aryl methyl sites for hydroxylation is 1. The van der Waals surface area contributed by atoms with Gasteiger partial charge in [-0.15, -0.1) is 11.3 Å². The molecule has 84 valence electrons. The number of amides is 1. The molecule has 1 rings (SSSR count). The van der Waals surface area contributed by atoms with E-state index in [0.717, 1.165) is 16.3 Å². The van der Waals surface area contributed by atoms with Gasteiger partial charge in [0.2, 0.25) is 5.91 Å². The molecule has 0 bridgehead atoms.